The maximum Gasteiger partial charge on any atom is 0.145 e. The van der Waals surface area contributed by atoms with Gasteiger partial charge in [0.25, 0.3) is 0 Å². The number of β-amino-alcohol motifs (C(OH)–C–C–N with tert-alkyl or cyclic N) is 1. The molecule has 0 fully saturated rings. The van der Waals surface area contributed by atoms with E-state index in [0.717, 1.165) is 17.0 Å². The highest BCUT2D eigenvalue weighted by Crippen LogP contribution is 2.41. The van der Waals surface area contributed by atoms with Crippen LogP contribution in [-0.2, 0) is 0 Å². The lowest BCUT2D eigenvalue weighted by atomic mass is 10.1. The number of nitrogens with two attached hydrogens (primary N) is 1. The number of ether oxygens (including phenoxy) is 1. The minimum atomic E-state index is -0.0444. The Morgan fingerprint density at radius 3 is 2.70 bits per heavy atom. The van der Waals surface area contributed by atoms with E-state index in [1.54, 1.807) is 0 Å². The van der Waals surface area contributed by atoms with Crippen LogP contribution in [-0.4, -0.2) is 24.8 Å². The summed E-state index contributed by atoms with van der Waals surface area (Å²) in [6.45, 7) is 1.33. The Morgan fingerprint density at radius 1 is 1.15 bits per heavy atom. The van der Waals surface area contributed by atoms with Gasteiger partial charge < -0.3 is 20.5 Å². The number of anilines is 2. The van der Waals surface area contributed by atoms with Crippen molar-refractivity contribution in [1.82, 2.24) is 0 Å². The molecular weight excluding hydrogens is 252 g/mol. The van der Waals surface area contributed by atoms with Crippen LogP contribution in [0.4, 0.5) is 11.4 Å². The lowest BCUT2D eigenvalue weighted by Gasteiger charge is -2.37. The van der Waals surface area contributed by atoms with Crippen molar-refractivity contribution in [2.75, 3.05) is 30.3 Å². The van der Waals surface area contributed by atoms with Crippen molar-refractivity contribution in [3.05, 3.63) is 54.1 Å². The van der Waals surface area contributed by atoms with E-state index in [4.69, 9.17) is 10.5 Å². The van der Waals surface area contributed by atoms with E-state index in [2.05, 4.69) is 17.0 Å². The van der Waals surface area contributed by atoms with Crippen LogP contribution in [0.2, 0.25) is 0 Å². The van der Waals surface area contributed by atoms with E-state index in [1.807, 2.05) is 36.4 Å². The Hall–Kier alpha value is -2.20. The summed E-state index contributed by atoms with van der Waals surface area (Å²) in [7, 11) is 0. The Bertz CT molecular complexity index is 586. The number of benzene rings is 2. The third kappa shape index (κ3) is 2.30. The lowest BCUT2D eigenvalue weighted by molar-refractivity contribution is 0.192. The summed E-state index contributed by atoms with van der Waals surface area (Å²) in [4.78, 5) is 2.09. The molecule has 3 N–H and O–H groups in total. The summed E-state index contributed by atoms with van der Waals surface area (Å²) < 4.78 is 6.07. The lowest BCUT2D eigenvalue weighted by Crippen LogP contribution is -2.37. The van der Waals surface area contributed by atoms with E-state index >= 15 is 0 Å². The van der Waals surface area contributed by atoms with E-state index in [0.29, 0.717) is 18.8 Å². The van der Waals surface area contributed by atoms with Crippen LogP contribution in [0, 0.1) is 0 Å². The molecule has 1 aliphatic heterocycles. The largest absolute Gasteiger partial charge is 0.482 e. The van der Waals surface area contributed by atoms with Gasteiger partial charge in [-0.25, -0.2) is 0 Å². The minimum absolute atomic E-state index is 0.0444. The fourth-order valence-corrected chi connectivity index (χ4v) is 2.62. The molecule has 20 heavy (non-hydrogen) atoms. The number of rotatable bonds is 3. The van der Waals surface area contributed by atoms with Crippen LogP contribution >= 0.6 is 0 Å². The second kappa shape index (κ2) is 5.43. The first kappa shape index (κ1) is 12.8. The van der Waals surface area contributed by atoms with Crippen LogP contribution in [0.3, 0.4) is 0 Å². The van der Waals surface area contributed by atoms with Crippen molar-refractivity contribution < 1.29 is 9.84 Å². The molecule has 1 aliphatic rings. The Labute approximate surface area is 118 Å². The normalized spacial score (nSPS) is 17.4. The minimum Gasteiger partial charge on any atom is -0.482 e. The van der Waals surface area contributed by atoms with Gasteiger partial charge in [-0.3, -0.25) is 0 Å². The number of hydrogen-bond donors (Lipinski definition) is 2. The van der Waals surface area contributed by atoms with Gasteiger partial charge in [-0.2, -0.15) is 0 Å². The van der Waals surface area contributed by atoms with Crippen LogP contribution in [0.25, 0.3) is 0 Å². The molecule has 4 nitrogen and oxygen atoms in total. The molecule has 0 aromatic heterocycles. The number of para-hydroxylation sites is 1. The van der Waals surface area contributed by atoms with Crippen molar-refractivity contribution in [2.45, 2.75) is 6.10 Å². The molecule has 0 radical (unpaired) electrons. The quantitative estimate of drug-likeness (QED) is 0.839. The monoisotopic (exact) mass is 270 g/mol. The molecule has 104 valence electrons. The summed E-state index contributed by atoms with van der Waals surface area (Å²) in [5, 5.41) is 9.27. The molecule has 4 heteroatoms. The van der Waals surface area contributed by atoms with E-state index < -0.39 is 0 Å². The zero-order chi connectivity index (χ0) is 13.9. The molecule has 1 atom stereocenters. The van der Waals surface area contributed by atoms with Crippen molar-refractivity contribution in [2.24, 2.45) is 0 Å². The molecule has 0 saturated carbocycles. The van der Waals surface area contributed by atoms with Gasteiger partial charge in [-0.05, 0) is 17.7 Å². The molecule has 3 rings (SSSR count). The average molecular weight is 270 g/mol. The maximum absolute atomic E-state index is 9.27. The molecule has 2 aromatic carbocycles. The third-order valence-electron chi connectivity index (χ3n) is 3.54. The Morgan fingerprint density at radius 2 is 1.95 bits per heavy atom. The van der Waals surface area contributed by atoms with Gasteiger partial charge in [0.15, 0.2) is 0 Å². The van der Waals surface area contributed by atoms with E-state index in [9.17, 15) is 5.11 Å². The number of hydrogen-bond acceptors (Lipinski definition) is 4. The zero-order valence-electron chi connectivity index (χ0n) is 11.2. The molecule has 0 amide bonds. The van der Waals surface area contributed by atoms with Crippen LogP contribution in [0.15, 0.2) is 48.5 Å². The van der Waals surface area contributed by atoms with Crippen molar-refractivity contribution in [3.8, 4) is 5.75 Å². The van der Waals surface area contributed by atoms with Gasteiger partial charge in [0.2, 0.25) is 0 Å². The SMILES string of the molecule is Nc1cccc2c1N(CCO)CC(c1ccccc1)O2. The van der Waals surface area contributed by atoms with Crippen LogP contribution < -0.4 is 15.4 Å². The van der Waals surface area contributed by atoms with Crippen molar-refractivity contribution in [1.29, 1.82) is 0 Å². The van der Waals surface area contributed by atoms with Crippen LogP contribution in [0.5, 0.6) is 5.75 Å². The predicted octanol–water partition coefficient (Wildman–Crippen LogP) is 2.20. The molecule has 0 saturated heterocycles. The van der Waals surface area contributed by atoms with Gasteiger partial charge in [-0.1, -0.05) is 36.4 Å². The molecule has 0 spiro atoms. The highest BCUT2D eigenvalue weighted by molar-refractivity contribution is 5.75. The number of aliphatic hydroxyl groups is 1. The second-order valence-electron chi connectivity index (χ2n) is 4.88. The number of nitrogens with zero attached hydrogens (tertiary/aromatic N) is 1. The summed E-state index contributed by atoms with van der Waals surface area (Å²) in [6, 6.07) is 15.8. The molecule has 0 aliphatic carbocycles. The summed E-state index contributed by atoms with van der Waals surface area (Å²) in [5.74, 6) is 0.776. The third-order valence-corrected chi connectivity index (χ3v) is 3.54. The highest BCUT2D eigenvalue weighted by atomic mass is 16.5. The number of fused-ring (bicyclic) bond motifs is 1. The van der Waals surface area contributed by atoms with Crippen LogP contribution in [0.1, 0.15) is 11.7 Å². The standard InChI is InChI=1S/C16H18N2O2/c17-13-7-4-8-14-16(13)18(9-10-19)11-15(20-14)12-5-2-1-3-6-12/h1-8,15,19H,9-11,17H2. The van der Waals surface area contributed by atoms with E-state index in [-0.39, 0.29) is 12.7 Å². The number of nitrogen functional groups attached to an aromatic ring is 1. The fraction of sp³-hybridized carbons (Fsp3) is 0.250. The topological polar surface area (TPSA) is 58.7 Å². The smallest absolute Gasteiger partial charge is 0.145 e. The van der Waals surface area contributed by atoms with Crippen molar-refractivity contribution >= 4 is 11.4 Å². The summed E-state index contributed by atoms with van der Waals surface area (Å²) in [5.41, 5.74) is 8.74. The zero-order valence-corrected chi connectivity index (χ0v) is 11.2. The predicted molar refractivity (Wildman–Crippen MR) is 80.0 cm³/mol. The fourth-order valence-electron chi connectivity index (χ4n) is 2.62. The molecule has 1 unspecified atom stereocenters. The van der Waals surface area contributed by atoms with Gasteiger partial charge in [0.05, 0.1) is 18.8 Å². The first-order valence-corrected chi connectivity index (χ1v) is 6.75. The van der Waals surface area contributed by atoms with Crippen molar-refractivity contribution in [3.63, 3.8) is 0 Å². The first-order chi connectivity index (χ1) is 9.79. The van der Waals surface area contributed by atoms with Gasteiger partial charge in [0, 0.05) is 6.54 Å². The van der Waals surface area contributed by atoms with Gasteiger partial charge >= 0.3 is 0 Å². The molecule has 2 aromatic rings. The second-order valence-corrected chi connectivity index (χ2v) is 4.88. The highest BCUT2D eigenvalue weighted by Gasteiger charge is 2.27. The molecule has 1 heterocycles. The molecule has 0 bridgehead atoms. The molecular formula is C16H18N2O2. The Balaban J connectivity index is 1.97. The summed E-state index contributed by atoms with van der Waals surface area (Å²) >= 11 is 0. The average Bonchev–Trinajstić information content (AvgIpc) is 2.48. The number of aliphatic hydroxyl groups excluding tert-OH is 1. The summed E-state index contributed by atoms with van der Waals surface area (Å²) in [6.07, 6.45) is -0.0444. The van der Waals surface area contributed by atoms with Gasteiger partial charge in [0.1, 0.15) is 17.5 Å². The first-order valence-electron chi connectivity index (χ1n) is 6.75. The Kier molecular flexibility index (Phi) is 3.48. The maximum atomic E-state index is 9.27. The van der Waals surface area contributed by atoms with Gasteiger partial charge in [-0.15, -0.1) is 0 Å². The van der Waals surface area contributed by atoms with E-state index in [1.165, 1.54) is 0 Å².